The largest absolute Gasteiger partial charge is 0.508 e. The predicted octanol–water partition coefficient (Wildman–Crippen LogP) is 5.28. The number of aromatic hydroxyl groups is 2. The van der Waals surface area contributed by atoms with Gasteiger partial charge in [-0.2, -0.15) is 0 Å². The van der Waals surface area contributed by atoms with Crippen LogP contribution in [0.1, 0.15) is 45.1 Å². The fourth-order valence-corrected chi connectivity index (χ4v) is 4.19. The summed E-state index contributed by atoms with van der Waals surface area (Å²) in [6, 6.07) is 9.16. The van der Waals surface area contributed by atoms with Crippen molar-refractivity contribution in [3.05, 3.63) is 42.2 Å². The summed E-state index contributed by atoms with van der Waals surface area (Å²) in [5.41, 5.74) is 2.29. The Hall–Kier alpha value is -2.87. The molecule has 0 bridgehead atoms. The standard InChI is InChI=1S/C23H30N4O3S/c1-6-7-10-26(4)19-11-16(8-9-22(19)30-5)31-27-14-24-25-23(27)18-12-17(15(2)3)20(28)13-21(18)29/h8-9,11-15,28-29H,6-7,10H2,1-5H3. The number of phenolic OH excluding ortho intramolecular Hbond substituents is 2. The summed E-state index contributed by atoms with van der Waals surface area (Å²) in [6.45, 7) is 7.10. The molecule has 0 amide bonds. The van der Waals surface area contributed by atoms with Gasteiger partial charge in [-0.3, -0.25) is 0 Å². The molecule has 3 rings (SSSR count). The lowest BCUT2D eigenvalue weighted by atomic mass is 9.98. The normalized spacial score (nSPS) is 11.2. The Bertz CT molecular complexity index is 1040. The van der Waals surface area contributed by atoms with E-state index in [1.165, 1.54) is 18.0 Å². The molecule has 3 aromatic rings. The summed E-state index contributed by atoms with van der Waals surface area (Å²) in [7, 11) is 3.74. The molecule has 1 heterocycles. The summed E-state index contributed by atoms with van der Waals surface area (Å²) in [6.07, 6.45) is 3.84. The van der Waals surface area contributed by atoms with Gasteiger partial charge in [0.1, 0.15) is 23.6 Å². The zero-order valence-electron chi connectivity index (χ0n) is 18.7. The van der Waals surface area contributed by atoms with Crippen LogP contribution in [-0.2, 0) is 0 Å². The molecule has 0 unspecified atom stereocenters. The first kappa shape index (κ1) is 22.8. The van der Waals surface area contributed by atoms with E-state index in [2.05, 4.69) is 35.1 Å². The lowest BCUT2D eigenvalue weighted by Gasteiger charge is -2.22. The van der Waals surface area contributed by atoms with Gasteiger partial charge >= 0.3 is 0 Å². The average Bonchev–Trinajstić information content (AvgIpc) is 3.19. The number of rotatable bonds is 9. The van der Waals surface area contributed by atoms with Crippen molar-refractivity contribution in [3.8, 4) is 28.6 Å². The van der Waals surface area contributed by atoms with E-state index >= 15 is 0 Å². The van der Waals surface area contributed by atoms with Crippen LogP contribution in [0.2, 0.25) is 0 Å². The van der Waals surface area contributed by atoms with Crippen molar-refractivity contribution >= 4 is 17.6 Å². The van der Waals surface area contributed by atoms with Crippen LogP contribution < -0.4 is 9.64 Å². The Balaban J connectivity index is 1.95. The number of benzene rings is 2. The highest BCUT2D eigenvalue weighted by molar-refractivity contribution is 7.98. The number of hydrogen-bond donors (Lipinski definition) is 2. The van der Waals surface area contributed by atoms with E-state index in [0.29, 0.717) is 11.4 Å². The minimum absolute atomic E-state index is 0.0357. The predicted molar refractivity (Wildman–Crippen MR) is 125 cm³/mol. The van der Waals surface area contributed by atoms with Gasteiger partial charge in [-0.15, -0.1) is 10.2 Å². The lowest BCUT2D eigenvalue weighted by molar-refractivity contribution is 0.414. The third-order valence-corrected chi connectivity index (χ3v) is 6.07. The first-order valence-corrected chi connectivity index (χ1v) is 11.2. The van der Waals surface area contributed by atoms with E-state index in [1.807, 2.05) is 30.0 Å². The number of anilines is 1. The monoisotopic (exact) mass is 442 g/mol. The molecule has 8 heteroatoms. The molecule has 166 valence electrons. The molecule has 0 aliphatic carbocycles. The highest BCUT2D eigenvalue weighted by Crippen LogP contribution is 2.39. The van der Waals surface area contributed by atoms with Gasteiger partial charge in [0, 0.05) is 24.6 Å². The van der Waals surface area contributed by atoms with Crippen LogP contribution >= 0.6 is 11.9 Å². The first-order valence-electron chi connectivity index (χ1n) is 10.4. The Morgan fingerprint density at radius 2 is 1.94 bits per heavy atom. The molecule has 2 N–H and O–H groups in total. The van der Waals surface area contributed by atoms with Crippen molar-refractivity contribution in [1.82, 2.24) is 14.2 Å². The fourth-order valence-electron chi connectivity index (χ4n) is 3.36. The second-order valence-electron chi connectivity index (χ2n) is 7.76. The number of methoxy groups -OCH3 is 1. The molecule has 0 aliphatic rings. The highest BCUT2D eigenvalue weighted by atomic mass is 32.2. The van der Waals surface area contributed by atoms with Crippen LogP contribution in [0.5, 0.6) is 17.2 Å². The maximum Gasteiger partial charge on any atom is 0.178 e. The summed E-state index contributed by atoms with van der Waals surface area (Å²) in [5.74, 6) is 1.48. The lowest BCUT2D eigenvalue weighted by Crippen LogP contribution is -2.19. The van der Waals surface area contributed by atoms with Crippen molar-refractivity contribution in [2.45, 2.75) is 44.4 Å². The van der Waals surface area contributed by atoms with Gasteiger partial charge in [0.25, 0.3) is 0 Å². The van der Waals surface area contributed by atoms with E-state index < -0.39 is 0 Å². The van der Waals surface area contributed by atoms with E-state index in [4.69, 9.17) is 4.74 Å². The maximum atomic E-state index is 10.5. The SMILES string of the molecule is CCCCN(C)c1cc(Sn2cnnc2-c2cc(C(C)C)c(O)cc2O)ccc1OC. The van der Waals surface area contributed by atoms with Crippen molar-refractivity contribution < 1.29 is 14.9 Å². The molecule has 1 aromatic heterocycles. The molecule has 0 spiro atoms. The van der Waals surface area contributed by atoms with Crippen molar-refractivity contribution in [1.29, 1.82) is 0 Å². The summed E-state index contributed by atoms with van der Waals surface area (Å²) >= 11 is 1.45. The van der Waals surface area contributed by atoms with Gasteiger partial charge in [-0.1, -0.05) is 27.2 Å². The van der Waals surface area contributed by atoms with Crippen molar-refractivity contribution in [2.24, 2.45) is 0 Å². The molecular weight excluding hydrogens is 412 g/mol. The number of aromatic nitrogens is 3. The Labute approximate surface area is 187 Å². The second kappa shape index (κ2) is 9.96. The van der Waals surface area contributed by atoms with Gasteiger partial charge < -0.3 is 19.8 Å². The van der Waals surface area contributed by atoms with E-state index in [1.54, 1.807) is 19.5 Å². The molecule has 0 saturated heterocycles. The fraction of sp³-hybridized carbons (Fsp3) is 0.391. The van der Waals surface area contributed by atoms with Gasteiger partial charge in [0.15, 0.2) is 5.82 Å². The number of nitrogens with zero attached hydrogens (tertiary/aromatic N) is 4. The number of ether oxygens (including phenoxy) is 1. The molecule has 0 radical (unpaired) electrons. The van der Waals surface area contributed by atoms with Gasteiger partial charge in [-0.25, -0.2) is 3.97 Å². The summed E-state index contributed by atoms with van der Waals surface area (Å²) in [4.78, 5) is 3.18. The van der Waals surface area contributed by atoms with Crippen molar-refractivity contribution in [2.75, 3.05) is 25.6 Å². The Morgan fingerprint density at radius 3 is 2.61 bits per heavy atom. The van der Waals surface area contributed by atoms with Crippen LogP contribution in [0.4, 0.5) is 5.69 Å². The molecule has 0 aliphatic heterocycles. The summed E-state index contributed by atoms with van der Waals surface area (Å²) in [5, 5.41) is 28.9. The van der Waals surface area contributed by atoms with Crippen LogP contribution in [-0.4, -0.2) is 45.1 Å². The number of phenols is 2. The summed E-state index contributed by atoms with van der Waals surface area (Å²) < 4.78 is 7.37. The molecule has 2 aromatic carbocycles. The highest BCUT2D eigenvalue weighted by Gasteiger charge is 2.18. The third kappa shape index (κ3) is 5.07. The Kier molecular flexibility index (Phi) is 7.33. The van der Waals surface area contributed by atoms with Crippen LogP contribution in [0.3, 0.4) is 0 Å². The van der Waals surface area contributed by atoms with Crippen LogP contribution in [0, 0.1) is 0 Å². The molecule has 0 saturated carbocycles. The molecular formula is C23H30N4O3S. The number of hydrogen-bond acceptors (Lipinski definition) is 7. The number of unbranched alkanes of at least 4 members (excludes halogenated alkanes) is 1. The van der Waals surface area contributed by atoms with Gasteiger partial charge in [0.2, 0.25) is 0 Å². The first-order chi connectivity index (χ1) is 14.8. The third-order valence-electron chi connectivity index (χ3n) is 5.14. The maximum absolute atomic E-state index is 10.5. The van der Waals surface area contributed by atoms with Gasteiger partial charge in [-0.05, 0) is 54.1 Å². The quantitative estimate of drug-likeness (QED) is 0.466. The smallest absolute Gasteiger partial charge is 0.178 e. The zero-order valence-corrected chi connectivity index (χ0v) is 19.5. The van der Waals surface area contributed by atoms with E-state index in [9.17, 15) is 10.2 Å². The average molecular weight is 443 g/mol. The molecule has 0 atom stereocenters. The second-order valence-corrected chi connectivity index (χ2v) is 8.81. The topological polar surface area (TPSA) is 83.6 Å². The molecule has 0 fully saturated rings. The van der Waals surface area contributed by atoms with Crippen LogP contribution in [0.25, 0.3) is 11.4 Å². The van der Waals surface area contributed by atoms with Crippen LogP contribution in [0.15, 0.2) is 41.6 Å². The molecule has 31 heavy (non-hydrogen) atoms. The van der Waals surface area contributed by atoms with E-state index in [0.717, 1.165) is 41.3 Å². The minimum Gasteiger partial charge on any atom is -0.508 e. The van der Waals surface area contributed by atoms with Gasteiger partial charge in [0.05, 0.1) is 18.4 Å². The van der Waals surface area contributed by atoms with Crippen molar-refractivity contribution in [3.63, 3.8) is 0 Å². The zero-order chi connectivity index (χ0) is 22.5. The Morgan fingerprint density at radius 1 is 1.16 bits per heavy atom. The minimum atomic E-state index is -0.0357. The van der Waals surface area contributed by atoms with E-state index in [-0.39, 0.29) is 17.4 Å². The molecule has 7 nitrogen and oxygen atoms in total.